The molecular weight excluding hydrogens is 594 g/mol. The van der Waals surface area contributed by atoms with Crippen molar-refractivity contribution in [3.05, 3.63) is 58.7 Å². The van der Waals surface area contributed by atoms with Crippen molar-refractivity contribution in [3.63, 3.8) is 0 Å². The maximum Gasteiger partial charge on any atom is 0.405 e. The number of carbonyl (C=O) groups is 2. The molecule has 1 aromatic carbocycles. The largest absolute Gasteiger partial charge is 0.481 e. The fraction of sp³-hybridized carbons (Fsp3) is 0.567. The first kappa shape index (κ1) is 31.5. The van der Waals surface area contributed by atoms with Gasteiger partial charge in [-0.1, -0.05) is 36.2 Å². The summed E-state index contributed by atoms with van der Waals surface area (Å²) in [6.07, 6.45) is 5.92. The number of hydrogen-bond acceptors (Lipinski definition) is 7. The van der Waals surface area contributed by atoms with Crippen LogP contribution in [0.25, 0.3) is 0 Å². The van der Waals surface area contributed by atoms with Crippen LogP contribution in [-0.2, 0) is 14.8 Å². The van der Waals surface area contributed by atoms with Gasteiger partial charge in [-0.2, -0.15) is 4.31 Å². The number of amides is 2. The minimum absolute atomic E-state index is 0.102. The highest BCUT2D eigenvalue weighted by atomic mass is 35.5. The number of carboxylic acid groups (broad SMARTS) is 1. The van der Waals surface area contributed by atoms with Crippen LogP contribution in [0.4, 0.5) is 4.79 Å². The van der Waals surface area contributed by atoms with Gasteiger partial charge in [0.05, 0.1) is 12.9 Å². The van der Waals surface area contributed by atoms with Crippen molar-refractivity contribution in [1.82, 2.24) is 25.2 Å². The normalized spacial score (nSPS) is 27.8. The summed E-state index contributed by atoms with van der Waals surface area (Å²) in [6.45, 7) is 1.16. The van der Waals surface area contributed by atoms with Gasteiger partial charge in [-0.3, -0.25) is 4.79 Å². The summed E-state index contributed by atoms with van der Waals surface area (Å²) in [4.78, 5) is 30.2. The molecule has 7 atom stereocenters. The summed E-state index contributed by atoms with van der Waals surface area (Å²) >= 11 is 6.14. The molecule has 234 valence electrons. The number of carbonyl (C=O) groups excluding carboxylic acids is 1. The standard InChI is InChI=1S/C30H40ClN5O6S/c1-42-26-14-10-21(16-33-26)27(20-7-11-22(31)12-8-20)28(35-30(38)39)29(37)34-25-6-2-4-19(25)9-13-24-17-32-23-5-3-15-43(40,41)36(24)18-23/h7-8,10-12,14,16,19,23-25,27-28,32,35H,2-6,9,13,15,17-18H2,1H3,(H,34,37)(H,38,39)/t19-,23?,24?,25-,27-,28-/m0/s1. The molecule has 0 spiro atoms. The summed E-state index contributed by atoms with van der Waals surface area (Å²) in [6, 6.07) is 9.23. The molecule has 3 fully saturated rings. The van der Waals surface area contributed by atoms with Crippen LogP contribution in [0.2, 0.25) is 5.02 Å². The number of ether oxygens (including phenoxy) is 1. The van der Waals surface area contributed by atoms with Crippen molar-refractivity contribution in [2.75, 3.05) is 26.0 Å². The van der Waals surface area contributed by atoms with Gasteiger partial charge in [-0.15, -0.1) is 0 Å². The van der Waals surface area contributed by atoms with E-state index < -0.39 is 34.0 Å². The average molecular weight is 634 g/mol. The first-order valence-electron chi connectivity index (χ1n) is 14.9. The van der Waals surface area contributed by atoms with Gasteiger partial charge in [0.1, 0.15) is 6.04 Å². The lowest BCUT2D eigenvalue weighted by Gasteiger charge is -2.38. The second kappa shape index (κ2) is 13.8. The van der Waals surface area contributed by atoms with E-state index in [1.165, 1.54) is 7.11 Å². The molecule has 2 aromatic rings. The van der Waals surface area contributed by atoms with Gasteiger partial charge in [0, 0.05) is 54.4 Å². The van der Waals surface area contributed by atoms with Gasteiger partial charge in [0.2, 0.25) is 21.8 Å². The minimum Gasteiger partial charge on any atom is -0.481 e. The van der Waals surface area contributed by atoms with Crippen molar-refractivity contribution < 1.29 is 27.9 Å². The number of sulfonamides is 1. The van der Waals surface area contributed by atoms with Crippen molar-refractivity contribution in [3.8, 4) is 5.88 Å². The van der Waals surface area contributed by atoms with Crippen LogP contribution >= 0.6 is 11.6 Å². The Labute approximate surface area is 257 Å². The first-order valence-corrected chi connectivity index (χ1v) is 16.9. The Morgan fingerprint density at radius 3 is 2.58 bits per heavy atom. The Hall–Kier alpha value is -2.93. The quantitative estimate of drug-likeness (QED) is 0.311. The zero-order valence-corrected chi connectivity index (χ0v) is 25.8. The molecule has 2 aliphatic heterocycles. The number of methoxy groups -OCH3 is 1. The molecule has 1 aliphatic carbocycles. The van der Waals surface area contributed by atoms with Crippen LogP contribution in [0.5, 0.6) is 5.88 Å². The van der Waals surface area contributed by atoms with Gasteiger partial charge in [-0.25, -0.2) is 18.2 Å². The third-order valence-electron chi connectivity index (χ3n) is 9.07. The second-order valence-electron chi connectivity index (χ2n) is 11.8. The number of rotatable bonds is 10. The van der Waals surface area contributed by atoms with Crippen LogP contribution in [0.3, 0.4) is 0 Å². The predicted octanol–water partition coefficient (Wildman–Crippen LogP) is 3.34. The fourth-order valence-electron chi connectivity index (χ4n) is 6.87. The number of fused-ring (bicyclic) bond motifs is 2. The number of aromatic nitrogens is 1. The number of pyridine rings is 1. The molecule has 2 saturated heterocycles. The van der Waals surface area contributed by atoms with Crippen molar-refractivity contribution in [2.24, 2.45) is 5.92 Å². The molecule has 3 unspecified atom stereocenters. The Kier molecular flexibility index (Phi) is 10.1. The SMILES string of the molecule is COc1ccc([C@H](c2ccc(Cl)cc2)[C@H](NC(=O)O)C(=O)N[C@H]2CCC[C@H]2CCC2CNC3CCCS(=O)(=O)N2C3)cn1. The predicted molar refractivity (Wildman–Crippen MR) is 163 cm³/mol. The van der Waals surface area contributed by atoms with Crippen molar-refractivity contribution in [2.45, 2.75) is 75.0 Å². The van der Waals surface area contributed by atoms with E-state index in [2.05, 4.69) is 20.9 Å². The van der Waals surface area contributed by atoms with E-state index in [0.717, 1.165) is 32.1 Å². The Balaban J connectivity index is 1.32. The molecule has 2 amide bonds. The Bertz CT molecular complexity index is 1380. The molecule has 2 bridgehead atoms. The monoisotopic (exact) mass is 633 g/mol. The molecule has 5 rings (SSSR count). The van der Waals surface area contributed by atoms with Gasteiger partial charge in [0.25, 0.3) is 0 Å². The molecular formula is C30H40ClN5O6S. The van der Waals surface area contributed by atoms with Gasteiger partial charge in [0.15, 0.2) is 0 Å². The summed E-state index contributed by atoms with van der Waals surface area (Å²) in [5.41, 5.74) is 1.34. The lowest BCUT2D eigenvalue weighted by atomic mass is 9.85. The highest BCUT2D eigenvalue weighted by Gasteiger charge is 2.40. The Morgan fingerprint density at radius 1 is 1.12 bits per heavy atom. The maximum absolute atomic E-state index is 13.9. The highest BCUT2D eigenvalue weighted by molar-refractivity contribution is 7.89. The van der Waals surface area contributed by atoms with Gasteiger partial charge < -0.3 is 25.8 Å². The van der Waals surface area contributed by atoms with Crippen LogP contribution in [0, 0.1) is 5.92 Å². The first-order chi connectivity index (χ1) is 20.6. The minimum atomic E-state index is -3.27. The van der Waals surface area contributed by atoms with E-state index in [9.17, 15) is 23.1 Å². The summed E-state index contributed by atoms with van der Waals surface area (Å²) in [5.74, 6) is -0.344. The lowest BCUT2D eigenvalue weighted by molar-refractivity contribution is -0.124. The number of nitrogens with zero attached hydrogens (tertiary/aromatic N) is 2. The Morgan fingerprint density at radius 2 is 1.88 bits per heavy atom. The molecule has 3 heterocycles. The number of halogens is 1. The number of benzene rings is 1. The average Bonchev–Trinajstić information content (AvgIpc) is 3.38. The van der Waals surface area contributed by atoms with E-state index >= 15 is 0 Å². The van der Waals surface area contributed by atoms with E-state index in [0.29, 0.717) is 48.0 Å². The van der Waals surface area contributed by atoms with Crippen LogP contribution in [0.1, 0.15) is 62.0 Å². The summed E-state index contributed by atoms with van der Waals surface area (Å²) in [7, 11) is -1.77. The molecule has 1 aromatic heterocycles. The second-order valence-corrected chi connectivity index (χ2v) is 14.2. The third-order valence-corrected chi connectivity index (χ3v) is 11.3. The van der Waals surface area contributed by atoms with Crippen molar-refractivity contribution >= 4 is 33.6 Å². The van der Waals surface area contributed by atoms with E-state index in [1.54, 1.807) is 46.9 Å². The maximum atomic E-state index is 13.9. The molecule has 4 N–H and O–H groups in total. The van der Waals surface area contributed by atoms with Crippen molar-refractivity contribution in [1.29, 1.82) is 0 Å². The molecule has 1 saturated carbocycles. The fourth-order valence-corrected chi connectivity index (χ4v) is 8.81. The zero-order valence-electron chi connectivity index (χ0n) is 24.2. The smallest absolute Gasteiger partial charge is 0.405 e. The van der Waals surface area contributed by atoms with Crippen LogP contribution < -0.4 is 20.7 Å². The van der Waals surface area contributed by atoms with E-state index in [-0.39, 0.29) is 29.8 Å². The molecule has 3 aliphatic rings. The van der Waals surface area contributed by atoms with Crippen LogP contribution in [-0.4, -0.2) is 84.9 Å². The third kappa shape index (κ3) is 7.60. The summed E-state index contributed by atoms with van der Waals surface area (Å²) in [5, 5.41) is 19.4. The molecule has 13 heteroatoms. The van der Waals surface area contributed by atoms with E-state index in [4.69, 9.17) is 16.3 Å². The van der Waals surface area contributed by atoms with Gasteiger partial charge in [-0.05, 0) is 67.7 Å². The number of hydrogen-bond donors (Lipinski definition) is 4. The molecule has 43 heavy (non-hydrogen) atoms. The lowest BCUT2D eigenvalue weighted by Crippen LogP contribution is -2.57. The topological polar surface area (TPSA) is 150 Å². The number of nitrogens with one attached hydrogen (secondary N) is 3. The molecule has 11 nitrogen and oxygen atoms in total. The molecule has 0 radical (unpaired) electrons. The van der Waals surface area contributed by atoms with E-state index in [1.807, 2.05) is 0 Å². The van der Waals surface area contributed by atoms with Crippen LogP contribution in [0.15, 0.2) is 42.6 Å². The number of piperazine rings is 1. The van der Waals surface area contributed by atoms with Gasteiger partial charge >= 0.3 is 6.09 Å². The summed E-state index contributed by atoms with van der Waals surface area (Å²) < 4.78 is 32.7. The zero-order chi connectivity index (χ0) is 30.6. The highest BCUT2D eigenvalue weighted by Crippen LogP contribution is 2.34.